The van der Waals surface area contributed by atoms with Crippen molar-refractivity contribution in [3.05, 3.63) is 53.6 Å². The summed E-state index contributed by atoms with van der Waals surface area (Å²) in [5.74, 6) is 0.387. The van der Waals surface area contributed by atoms with Crippen LogP contribution >= 0.6 is 0 Å². The van der Waals surface area contributed by atoms with Crippen molar-refractivity contribution in [2.75, 3.05) is 18.1 Å². The fourth-order valence-corrected chi connectivity index (χ4v) is 2.36. The van der Waals surface area contributed by atoms with Gasteiger partial charge in [0.2, 0.25) is 0 Å². The molecule has 0 amide bonds. The van der Waals surface area contributed by atoms with Gasteiger partial charge in [0.05, 0.1) is 5.56 Å². The predicted octanol–water partition coefficient (Wildman–Crippen LogP) is 2.01. The van der Waals surface area contributed by atoms with Gasteiger partial charge in [0.1, 0.15) is 18.5 Å². The highest BCUT2D eigenvalue weighted by Gasteiger charge is 2.24. The van der Waals surface area contributed by atoms with Gasteiger partial charge in [-0.15, -0.1) is 0 Å². The van der Waals surface area contributed by atoms with Crippen molar-refractivity contribution in [3.63, 3.8) is 0 Å². The first-order valence-electron chi connectivity index (χ1n) is 6.70. The number of hydrogen-bond donors (Lipinski definition) is 2. The minimum Gasteiger partial charge on any atom is -0.486 e. The van der Waals surface area contributed by atoms with Crippen molar-refractivity contribution in [1.29, 1.82) is 0 Å². The number of nitrogen functional groups attached to an aromatic ring is 2. The molecule has 0 aromatic heterocycles. The molecule has 0 spiro atoms. The summed E-state index contributed by atoms with van der Waals surface area (Å²) in [4.78, 5) is 12.0. The molecule has 21 heavy (non-hydrogen) atoms. The van der Waals surface area contributed by atoms with Gasteiger partial charge in [-0.25, -0.2) is 4.79 Å². The van der Waals surface area contributed by atoms with Crippen molar-refractivity contribution in [1.82, 2.24) is 0 Å². The Balaban J connectivity index is 1.60. The second kappa shape index (κ2) is 5.36. The molecule has 3 rings (SSSR count). The summed E-state index contributed by atoms with van der Waals surface area (Å²) in [7, 11) is 0. The van der Waals surface area contributed by atoms with Crippen LogP contribution in [-0.2, 0) is 11.2 Å². The summed E-state index contributed by atoms with van der Waals surface area (Å²) in [5, 5.41) is 0. The van der Waals surface area contributed by atoms with Gasteiger partial charge in [0.25, 0.3) is 0 Å². The van der Waals surface area contributed by atoms with E-state index in [2.05, 4.69) is 0 Å². The Hall–Kier alpha value is -2.69. The zero-order chi connectivity index (χ0) is 14.8. The number of benzene rings is 2. The van der Waals surface area contributed by atoms with Gasteiger partial charge in [-0.3, -0.25) is 0 Å². The number of esters is 1. The smallest absolute Gasteiger partial charge is 0.340 e. The van der Waals surface area contributed by atoms with E-state index in [9.17, 15) is 4.79 Å². The summed E-state index contributed by atoms with van der Waals surface area (Å²) < 4.78 is 11.0. The van der Waals surface area contributed by atoms with Crippen LogP contribution in [0.3, 0.4) is 0 Å². The number of nitrogens with two attached hydrogens (primary N) is 2. The minimum atomic E-state index is -0.466. The molecule has 0 aliphatic carbocycles. The van der Waals surface area contributed by atoms with Crippen LogP contribution in [0.1, 0.15) is 15.9 Å². The normalized spacial score (nSPS) is 16.1. The SMILES string of the molecule is Nc1ccc(C(=O)OCC2Cc3ccccc3O2)c(N)c1. The molecule has 1 heterocycles. The lowest BCUT2D eigenvalue weighted by Crippen LogP contribution is -2.23. The average molecular weight is 284 g/mol. The number of anilines is 2. The minimum absolute atomic E-state index is 0.152. The van der Waals surface area contributed by atoms with E-state index in [1.807, 2.05) is 24.3 Å². The van der Waals surface area contributed by atoms with Crippen LogP contribution < -0.4 is 16.2 Å². The summed E-state index contributed by atoms with van der Waals surface area (Å²) in [6.45, 7) is 0.192. The number of carbonyl (C=O) groups excluding carboxylic acids is 1. The molecule has 2 aromatic rings. The lowest BCUT2D eigenvalue weighted by Gasteiger charge is -2.12. The average Bonchev–Trinajstić information content (AvgIpc) is 2.87. The number of ether oxygens (including phenoxy) is 2. The Morgan fingerprint density at radius 3 is 2.81 bits per heavy atom. The molecule has 0 radical (unpaired) electrons. The van der Waals surface area contributed by atoms with E-state index >= 15 is 0 Å². The third-order valence-corrected chi connectivity index (χ3v) is 3.41. The number of rotatable bonds is 3. The van der Waals surface area contributed by atoms with E-state index in [4.69, 9.17) is 20.9 Å². The monoisotopic (exact) mass is 284 g/mol. The first-order chi connectivity index (χ1) is 10.1. The summed E-state index contributed by atoms with van der Waals surface area (Å²) in [5.41, 5.74) is 13.6. The Morgan fingerprint density at radius 1 is 1.24 bits per heavy atom. The zero-order valence-corrected chi connectivity index (χ0v) is 11.4. The maximum Gasteiger partial charge on any atom is 0.340 e. The zero-order valence-electron chi connectivity index (χ0n) is 11.4. The van der Waals surface area contributed by atoms with Gasteiger partial charge in [-0.2, -0.15) is 0 Å². The van der Waals surface area contributed by atoms with Crippen LogP contribution in [0.5, 0.6) is 5.75 Å². The quantitative estimate of drug-likeness (QED) is 0.665. The van der Waals surface area contributed by atoms with Crippen LogP contribution in [0, 0.1) is 0 Å². The predicted molar refractivity (Wildman–Crippen MR) is 80.1 cm³/mol. The molecule has 2 aromatic carbocycles. The molecule has 0 bridgehead atoms. The Bertz CT molecular complexity index is 660. The highest BCUT2D eigenvalue weighted by molar-refractivity contribution is 5.95. The van der Waals surface area contributed by atoms with Gasteiger partial charge >= 0.3 is 5.97 Å². The fourth-order valence-electron chi connectivity index (χ4n) is 2.36. The molecule has 1 aliphatic heterocycles. The largest absolute Gasteiger partial charge is 0.486 e. The second-order valence-corrected chi connectivity index (χ2v) is 5.00. The molecule has 5 heteroatoms. The van der Waals surface area contributed by atoms with Crippen LogP contribution in [0.4, 0.5) is 11.4 Å². The van der Waals surface area contributed by atoms with E-state index in [0.29, 0.717) is 16.9 Å². The molecule has 0 fully saturated rings. The fraction of sp³-hybridized carbons (Fsp3) is 0.188. The van der Waals surface area contributed by atoms with Crippen LogP contribution in [0.15, 0.2) is 42.5 Å². The third-order valence-electron chi connectivity index (χ3n) is 3.41. The van der Waals surface area contributed by atoms with Crippen molar-refractivity contribution in [2.45, 2.75) is 12.5 Å². The van der Waals surface area contributed by atoms with Gasteiger partial charge in [0.15, 0.2) is 0 Å². The van der Waals surface area contributed by atoms with Crippen LogP contribution in [0.2, 0.25) is 0 Å². The Kier molecular flexibility index (Phi) is 3.39. The molecule has 0 saturated carbocycles. The van der Waals surface area contributed by atoms with E-state index in [1.54, 1.807) is 18.2 Å². The molecular formula is C16H16N2O3. The molecule has 5 nitrogen and oxygen atoms in total. The van der Waals surface area contributed by atoms with Crippen molar-refractivity contribution >= 4 is 17.3 Å². The maximum atomic E-state index is 12.0. The van der Waals surface area contributed by atoms with Gasteiger partial charge in [0, 0.05) is 17.8 Å². The van der Waals surface area contributed by atoms with E-state index < -0.39 is 5.97 Å². The summed E-state index contributed by atoms with van der Waals surface area (Å²) >= 11 is 0. The topological polar surface area (TPSA) is 87.6 Å². The van der Waals surface area contributed by atoms with Crippen molar-refractivity contribution in [3.8, 4) is 5.75 Å². The number of fused-ring (bicyclic) bond motifs is 1. The first-order valence-corrected chi connectivity index (χ1v) is 6.70. The third kappa shape index (κ3) is 2.76. The standard InChI is InChI=1S/C16H16N2O3/c17-11-5-6-13(14(18)8-11)16(19)20-9-12-7-10-3-1-2-4-15(10)21-12/h1-6,8,12H,7,9,17-18H2. The van der Waals surface area contributed by atoms with Gasteiger partial charge in [-0.1, -0.05) is 18.2 Å². The highest BCUT2D eigenvalue weighted by atomic mass is 16.6. The summed E-state index contributed by atoms with van der Waals surface area (Å²) in [6, 6.07) is 12.5. The van der Waals surface area contributed by atoms with Crippen LogP contribution in [0.25, 0.3) is 0 Å². The van der Waals surface area contributed by atoms with Crippen LogP contribution in [-0.4, -0.2) is 18.7 Å². The molecular weight excluding hydrogens is 268 g/mol. The Labute approximate surface area is 122 Å². The molecule has 1 unspecified atom stereocenters. The highest BCUT2D eigenvalue weighted by Crippen LogP contribution is 2.28. The van der Waals surface area contributed by atoms with E-state index in [1.165, 1.54) is 0 Å². The lowest BCUT2D eigenvalue weighted by molar-refractivity contribution is 0.0348. The number of para-hydroxylation sites is 1. The molecule has 108 valence electrons. The first kappa shape index (κ1) is 13.3. The van der Waals surface area contributed by atoms with Crippen molar-refractivity contribution in [2.24, 2.45) is 0 Å². The molecule has 1 atom stereocenters. The molecule has 1 aliphatic rings. The number of carbonyl (C=O) groups is 1. The number of hydrogen-bond acceptors (Lipinski definition) is 5. The summed E-state index contributed by atoms with van der Waals surface area (Å²) in [6.07, 6.45) is 0.585. The Morgan fingerprint density at radius 2 is 2.05 bits per heavy atom. The van der Waals surface area contributed by atoms with E-state index in [-0.39, 0.29) is 12.7 Å². The van der Waals surface area contributed by atoms with Gasteiger partial charge < -0.3 is 20.9 Å². The lowest BCUT2D eigenvalue weighted by atomic mass is 10.1. The van der Waals surface area contributed by atoms with Gasteiger partial charge in [-0.05, 0) is 29.8 Å². The molecule has 0 saturated heterocycles. The second-order valence-electron chi connectivity index (χ2n) is 5.00. The van der Waals surface area contributed by atoms with E-state index in [0.717, 1.165) is 17.7 Å². The van der Waals surface area contributed by atoms with Crippen molar-refractivity contribution < 1.29 is 14.3 Å². The maximum absolute atomic E-state index is 12.0. The molecule has 4 N–H and O–H groups in total.